The SMILES string of the molecule is Cc1ccc(OC(CNC(C)C)c2ccccc2)cc1C. The van der Waals surface area contributed by atoms with Gasteiger partial charge in [-0.3, -0.25) is 0 Å². The van der Waals surface area contributed by atoms with Crippen LogP contribution >= 0.6 is 0 Å². The van der Waals surface area contributed by atoms with Gasteiger partial charge in [0, 0.05) is 12.6 Å². The summed E-state index contributed by atoms with van der Waals surface area (Å²) in [6.45, 7) is 9.34. The second kappa shape index (κ2) is 7.28. The number of benzene rings is 2. The standard InChI is InChI=1S/C19H25NO/c1-14(2)20-13-19(17-8-6-5-7-9-17)21-18-11-10-15(3)16(4)12-18/h5-12,14,19-20H,13H2,1-4H3. The van der Waals surface area contributed by atoms with Crippen molar-refractivity contribution in [1.82, 2.24) is 5.32 Å². The number of nitrogens with one attached hydrogen (secondary N) is 1. The van der Waals surface area contributed by atoms with E-state index in [0.717, 1.165) is 12.3 Å². The summed E-state index contributed by atoms with van der Waals surface area (Å²) in [6.07, 6.45) is 0.0238. The molecule has 2 nitrogen and oxygen atoms in total. The zero-order chi connectivity index (χ0) is 15.2. The minimum atomic E-state index is 0.0238. The average molecular weight is 283 g/mol. The van der Waals surface area contributed by atoms with Gasteiger partial charge < -0.3 is 10.1 Å². The molecular weight excluding hydrogens is 258 g/mol. The van der Waals surface area contributed by atoms with Crippen molar-refractivity contribution in [2.75, 3.05) is 6.54 Å². The lowest BCUT2D eigenvalue weighted by atomic mass is 10.1. The second-order valence-electron chi connectivity index (χ2n) is 5.83. The van der Waals surface area contributed by atoms with E-state index in [9.17, 15) is 0 Å². The third-order valence-electron chi connectivity index (χ3n) is 3.64. The van der Waals surface area contributed by atoms with Crippen molar-refractivity contribution in [1.29, 1.82) is 0 Å². The molecule has 0 fully saturated rings. The largest absolute Gasteiger partial charge is 0.484 e. The van der Waals surface area contributed by atoms with Crippen molar-refractivity contribution in [3.63, 3.8) is 0 Å². The number of hydrogen-bond acceptors (Lipinski definition) is 2. The van der Waals surface area contributed by atoms with E-state index in [-0.39, 0.29) is 6.10 Å². The van der Waals surface area contributed by atoms with Crippen LogP contribution in [0.4, 0.5) is 0 Å². The number of aryl methyl sites for hydroxylation is 2. The van der Waals surface area contributed by atoms with Gasteiger partial charge in [-0.1, -0.05) is 50.2 Å². The van der Waals surface area contributed by atoms with Gasteiger partial charge in [-0.2, -0.15) is 0 Å². The van der Waals surface area contributed by atoms with Gasteiger partial charge in [0.05, 0.1) is 0 Å². The molecule has 2 aromatic rings. The van der Waals surface area contributed by atoms with Gasteiger partial charge in [-0.25, -0.2) is 0 Å². The maximum Gasteiger partial charge on any atom is 0.136 e. The van der Waals surface area contributed by atoms with Crippen molar-refractivity contribution >= 4 is 0 Å². The smallest absolute Gasteiger partial charge is 0.136 e. The van der Waals surface area contributed by atoms with Gasteiger partial charge in [-0.15, -0.1) is 0 Å². The molecule has 0 radical (unpaired) electrons. The molecule has 0 spiro atoms. The van der Waals surface area contributed by atoms with Crippen molar-refractivity contribution in [2.24, 2.45) is 0 Å². The fourth-order valence-electron chi connectivity index (χ4n) is 2.19. The predicted molar refractivity (Wildman–Crippen MR) is 88.9 cm³/mol. The summed E-state index contributed by atoms with van der Waals surface area (Å²) >= 11 is 0. The molecule has 0 aromatic heterocycles. The fourth-order valence-corrected chi connectivity index (χ4v) is 2.19. The molecule has 0 amide bonds. The molecule has 21 heavy (non-hydrogen) atoms. The van der Waals surface area contributed by atoms with E-state index in [4.69, 9.17) is 4.74 Å². The summed E-state index contributed by atoms with van der Waals surface area (Å²) in [5.41, 5.74) is 3.75. The lowest BCUT2D eigenvalue weighted by Crippen LogP contribution is -2.30. The van der Waals surface area contributed by atoms with Gasteiger partial charge >= 0.3 is 0 Å². The molecule has 1 atom stereocenters. The summed E-state index contributed by atoms with van der Waals surface area (Å²) in [5, 5.41) is 3.47. The average Bonchev–Trinajstić information content (AvgIpc) is 2.48. The quantitative estimate of drug-likeness (QED) is 0.847. The van der Waals surface area contributed by atoms with Gasteiger partial charge in [0.1, 0.15) is 11.9 Å². The first-order chi connectivity index (χ1) is 10.1. The van der Waals surface area contributed by atoms with Crippen LogP contribution in [-0.4, -0.2) is 12.6 Å². The van der Waals surface area contributed by atoms with Crippen LogP contribution in [0.1, 0.15) is 36.6 Å². The van der Waals surface area contributed by atoms with E-state index in [1.54, 1.807) is 0 Å². The topological polar surface area (TPSA) is 21.3 Å². The Hall–Kier alpha value is -1.80. The van der Waals surface area contributed by atoms with Crippen LogP contribution in [0.2, 0.25) is 0 Å². The zero-order valence-electron chi connectivity index (χ0n) is 13.4. The molecule has 0 saturated carbocycles. The summed E-state index contributed by atoms with van der Waals surface area (Å²) in [7, 11) is 0. The summed E-state index contributed by atoms with van der Waals surface area (Å²) < 4.78 is 6.22. The molecular formula is C19H25NO. The molecule has 0 bridgehead atoms. The first-order valence-electron chi connectivity index (χ1n) is 7.58. The van der Waals surface area contributed by atoms with Crippen molar-refractivity contribution in [2.45, 2.75) is 39.8 Å². The maximum absolute atomic E-state index is 6.22. The molecule has 2 aromatic carbocycles. The Labute approximate surface area is 128 Å². The monoisotopic (exact) mass is 283 g/mol. The molecule has 1 N–H and O–H groups in total. The fraction of sp³-hybridized carbons (Fsp3) is 0.368. The Morgan fingerprint density at radius 2 is 1.67 bits per heavy atom. The summed E-state index contributed by atoms with van der Waals surface area (Å²) in [5.74, 6) is 0.928. The van der Waals surface area contributed by atoms with E-state index in [1.807, 2.05) is 12.1 Å². The molecule has 0 aliphatic heterocycles. The molecule has 2 rings (SSSR count). The Morgan fingerprint density at radius 3 is 2.29 bits per heavy atom. The Balaban J connectivity index is 2.17. The van der Waals surface area contributed by atoms with Crippen LogP contribution in [0, 0.1) is 13.8 Å². The Bertz CT molecular complexity index is 563. The molecule has 2 heteroatoms. The summed E-state index contributed by atoms with van der Waals surface area (Å²) in [6, 6.07) is 17.1. The second-order valence-corrected chi connectivity index (χ2v) is 5.83. The molecule has 0 heterocycles. The first-order valence-corrected chi connectivity index (χ1v) is 7.58. The molecule has 0 aliphatic carbocycles. The van der Waals surface area contributed by atoms with Crippen LogP contribution in [0.5, 0.6) is 5.75 Å². The van der Waals surface area contributed by atoms with Gasteiger partial charge in [-0.05, 0) is 42.7 Å². The highest BCUT2D eigenvalue weighted by atomic mass is 16.5. The molecule has 0 aliphatic rings. The minimum absolute atomic E-state index is 0.0238. The minimum Gasteiger partial charge on any atom is -0.484 e. The molecule has 0 saturated heterocycles. The normalized spacial score (nSPS) is 12.4. The lowest BCUT2D eigenvalue weighted by molar-refractivity contribution is 0.198. The van der Waals surface area contributed by atoms with Crippen LogP contribution in [0.25, 0.3) is 0 Å². The van der Waals surface area contributed by atoms with Gasteiger partial charge in [0.2, 0.25) is 0 Å². The van der Waals surface area contributed by atoms with E-state index < -0.39 is 0 Å². The third-order valence-corrected chi connectivity index (χ3v) is 3.64. The van der Waals surface area contributed by atoms with Crippen molar-refractivity contribution < 1.29 is 4.74 Å². The maximum atomic E-state index is 6.22. The van der Waals surface area contributed by atoms with Gasteiger partial charge in [0.15, 0.2) is 0 Å². The van der Waals surface area contributed by atoms with E-state index in [0.29, 0.717) is 6.04 Å². The highest BCUT2D eigenvalue weighted by Crippen LogP contribution is 2.23. The highest BCUT2D eigenvalue weighted by molar-refractivity contribution is 5.34. The van der Waals surface area contributed by atoms with Crippen LogP contribution in [0.3, 0.4) is 0 Å². The Kier molecular flexibility index (Phi) is 5.40. The molecule has 1 unspecified atom stereocenters. The van der Waals surface area contributed by atoms with Crippen LogP contribution in [-0.2, 0) is 0 Å². The van der Waals surface area contributed by atoms with E-state index >= 15 is 0 Å². The molecule has 112 valence electrons. The third kappa shape index (κ3) is 4.61. The van der Waals surface area contributed by atoms with E-state index in [1.165, 1.54) is 16.7 Å². The number of hydrogen-bond donors (Lipinski definition) is 1. The number of ether oxygens (including phenoxy) is 1. The highest BCUT2D eigenvalue weighted by Gasteiger charge is 2.14. The van der Waals surface area contributed by atoms with E-state index in [2.05, 4.69) is 69.4 Å². The van der Waals surface area contributed by atoms with Gasteiger partial charge in [0.25, 0.3) is 0 Å². The lowest BCUT2D eigenvalue weighted by Gasteiger charge is -2.22. The Morgan fingerprint density at radius 1 is 0.952 bits per heavy atom. The van der Waals surface area contributed by atoms with Crippen LogP contribution in [0.15, 0.2) is 48.5 Å². The van der Waals surface area contributed by atoms with Crippen LogP contribution < -0.4 is 10.1 Å². The first kappa shape index (κ1) is 15.6. The number of rotatable bonds is 6. The van der Waals surface area contributed by atoms with Crippen molar-refractivity contribution in [3.05, 3.63) is 65.2 Å². The predicted octanol–water partition coefficient (Wildman–Crippen LogP) is 4.42. The summed E-state index contributed by atoms with van der Waals surface area (Å²) in [4.78, 5) is 0. The van der Waals surface area contributed by atoms with Crippen molar-refractivity contribution in [3.8, 4) is 5.75 Å². The zero-order valence-corrected chi connectivity index (χ0v) is 13.4.